The van der Waals surface area contributed by atoms with Crippen LogP contribution in [-0.4, -0.2) is 67.4 Å². The van der Waals surface area contributed by atoms with E-state index in [4.69, 9.17) is 29.5 Å². The molecule has 0 aromatic rings. The molecule has 0 spiro atoms. The maximum Gasteiger partial charge on any atom is 0.181 e. The van der Waals surface area contributed by atoms with Crippen LogP contribution in [0.15, 0.2) is 0 Å². The van der Waals surface area contributed by atoms with Gasteiger partial charge in [0.15, 0.2) is 6.29 Å². The second kappa shape index (κ2) is 6.48. The molecule has 3 N–H and O–H groups in total. The summed E-state index contributed by atoms with van der Waals surface area (Å²) in [6.07, 6.45) is 0.369. The van der Waals surface area contributed by atoms with Crippen molar-refractivity contribution in [2.45, 2.75) is 19.3 Å². The van der Waals surface area contributed by atoms with Gasteiger partial charge in [-0.2, -0.15) is 0 Å². The summed E-state index contributed by atoms with van der Waals surface area (Å²) in [5.41, 5.74) is -0.939. The molecule has 0 aromatic heterocycles. The summed E-state index contributed by atoms with van der Waals surface area (Å²) in [5.74, 6) is 0. The lowest BCUT2D eigenvalue weighted by Crippen LogP contribution is -2.39. The number of rotatable bonds is 6. The number of epoxide rings is 2. The summed E-state index contributed by atoms with van der Waals surface area (Å²) in [4.78, 5) is 0. The molecular formula is C10H20O6. The number of ether oxygens (including phenoxy) is 3. The fourth-order valence-corrected chi connectivity index (χ4v) is 0.788. The van der Waals surface area contributed by atoms with Crippen LogP contribution in [-0.2, 0) is 14.2 Å². The molecule has 16 heavy (non-hydrogen) atoms. The molecule has 0 amide bonds. The van der Waals surface area contributed by atoms with E-state index in [9.17, 15) is 0 Å². The van der Waals surface area contributed by atoms with Crippen molar-refractivity contribution in [2.75, 3.05) is 39.6 Å². The average molecular weight is 236 g/mol. The van der Waals surface area contributed by atoms with E-state index in [0.29, 0.717) is 12.7 Å². The Bertz CT molecular complexity index is 177. The fourth-order valence-electron chi connectivity index (χ4n) is 0.788. The summed E-state index contributed by atoms with van der Waals surface area (Å²) >= 11 is 0. The first-order valence-electron chi connectivity index (χ1n) is 5.33. The lowest BCUT2D eigenvalue weighted by molar-refractivity contribution is -0.0782. The van der Waals surface area contributed by atoms with Gasteiger partial charge in [0, 0.05) is 0 Å². The largest absolute Gasteiger partial charge is 0.396 e. The van der Waals surface area contributed by atoms with Crippen molar-refractivity contribution in [3.63, 3.8) is 0 Å². The molecule has 2 atom stereocenters. The molecule has 0 aromatic carbocycles. The van der Waals surface area contributed by atoms with Crippen LogP contribution in [0.2, 0.25) is 0 Å². The van der Waals surface area contributed by atoms with Crippen molar-refractivity contribution in [2.24, 2.45) is 5.41 Å². The molecule has 2 fully saturated rings. The summed E-state index contributed by atoms with van der Waals surface area (Å²) < 4.78 is 14.6. The minimum atomic E-state index is -0.939. The zero-order valence-electron chi connectivity index (χ0n) is 9.46. The molecule has 0 saturated carbocycles. The Morgan fingerprint density at radius 2 is 1.56 bits per heavy atom. The average Bonchev–Trinajstić information content (AvgIpc) is 3.19. The number of aliphatic hydroxyl groups is 3. The maximum absolute atomic E-state index is 8.87. The topological polar surface area (TPSA) is 95.0 Å². The van der Waals surface area contributed by atoms with E-state index in [1.807, 2.05) is 0 Å². The van der Waals surface area contributed by atoms with Crippen molar-refractivity contribution in [3.05, 3.63) is 0 Å². The van der Waals surface area contributed by atoms with Gasteiger partial charge in [-0.15, -0.1) is 0 Å². The molecule has 0 aliphatic carbocycles. The standard InChI is InChI=1S/C7H14O5.C3H6O/c8-2-7(3-9,4-10)5-12-6-1-11-6;1-3-2-4-3/h6,8-10H,1-5H2;3H,2H2,1H3. The van der Waals surface area contributed by atoms with E-state index in [-0.39, 0.29) is 32.7 Å². The lowest BCUT2D eigenvalue weighted by Gasteiger charge is -2.26. The van der Waals surface area contributed by atoms with Crippen LogP contribution in [0.5, 0.6) is 0 Å². The van der Waals surface area contributed by atoms with Gasteiger partial charge in [0.2, 0.25) is 0 Å². The summed E-state index contributed by atoms with van der Waals surface area (Å²) in [6.45, 7) is 2.81. The van der Waals surface area contributed by atoms with E-state index in [1.54, 1.807) is 0 Å². The Hall–Kier alpha value is -0.240. The molecule has 6 nitrogen and oxygen atoms in total. The molecule has 2 aliphatic rings. The summed E-state index contributed by atoms with van der Waals surface area (Å²) in [5, 5.41) is 26.6. The molecule has 2 aliphatic heterocycles. The third-order valence-corrected chi connectivity index (χ3v) is 2.38. The van der Waals surface area contributed by atoms with E-state index in [1.165, 1.54) is 0 Å². The molecule has 0 bridgehead atoms. The summed E-state index contributed by atoms with van der Waals surface area (Å²) in [6, 6.07) is 0. The highest BCUT2D eigenvalue weighted by Gasteiger charge is 2.32. The van der Waals surface area contributed by atoms with E-state index >= 15 is 0 Å². The van der Waals surface area contributed by atoms with Gasteiger partial charge in [0.05, 0.1) is 44.6 Å². The second-order valence-corrected chi connectivity index (χ2v) is 4.19. The minimum Gasteiger partial charge on any atom is -0.396 e. The predicted octanol–water partition coefficient (Wildman–Crippen LogP) is -1.27. The predicted molar refractivity (Wildman–Crippen MR) is 54.8 cm³/mol. The summed E-state index contributed by atoms with van der Waals surface area (Å²) in [7, 11) is 0. The molecule has 2 rings (SSSR count). The van der Waals surface area contributed by atoms with Crippen LogP contribution in [0.4, 0.5) is 0 Å². The maximum atomic E-state index is 8.87. The normalized spacial score (nSPS) is 27.0. The fraction of sp³-hybridized carbons (Fsp3) is 1.00. The Morgan fingerprint density at radius 3 is 1.81 bits per heavy atom. The van der Waals surface area contributed by atoms with Gasteiger partial charge < -0.3 is 29.5 Å². The SMILES string of the molecule is CC1CO1.OCC(CO)(CO)COC1CO1. The van der Waals surface area contributed by atoms with E-state index in [0.717, 1.165) is 6.61 Å². The van der Waals surface area contributed by atoms with Crippen molar-refractivity contribution in [3.8, 4) is 0 Å². The van der Waals surface area contributed by atoms with Gasteiger partial charge in [-0.25, -0.2) is 0 Å². The van der Waals surface area contributed by atoms with E-state index < -0.39 is 5.41 Å². The van der Waals surface area contributed by atoms with Crippen molar-refractivity contribution in [1.29, 1.82) is 0 Å². The van der Waals surface area contributed by atoms with Gasteiger partial charge in [0.1, 0.15) is 6.61 Å². The first-order chi connectivity index (χ1) is 7.65. The highest BCUT2D eigenvalue weighted by atomic mass is 16.8. The zero-order chi connectivity index (χ0) is 12.0. The molecule has 0 radical (unpaired) electrons. The number of hydrogen-bond acceptors (Lipinski definition) is 6. The van der Waals surface area contributed by atoms with Gasteiger partial charge in [-0.3, -0.25) is 0 Å². The van der Waals surface area contributed by atoms with Crippen molar-refractivity contribution in [1.82, 2.24) is 0 Å². The minimum absolute atomic E-state index is 0.112. The lowest BCUT2D eigenvalue weighted by atomic mass is 9.93. The molecule has 6 heteroatoms. The van der Waals surface area contributed by atoms with Gasteiger partial charge in [0.25, 0.3) is 0 Å². The van der Waals surface area contributed by atoms with Crippen LogP contribution >= 0.6 is 0 Å². The Kier molecular flexibility index (Phi) is 5.60. The highest BCUT2D eigenvalue weighted by molar-refractivity contribution is 4.77. The van der Waals surface area contributed by atoms with Crippen molar-refractivity contribution < 1.29 is 29.5 Å². The molecule has 2 unspecified atom stereocenters. The number of aliphatic hydroxyl groups excluding tert-OH is 3. The third kappa shape index (κ3) is 5.20. The van der Waals surface area contributed by atoms with Crippen molar-refractivity contribution >= 4 is 0 Å². The van der Waals surface area contributed by atoms with Gasteiger partial charge in [-0.05, 0) is 6.92 Å². The van der Waals surface area contributed by atoms with Crippen LogP contribution in [0.25, 0.3) is 0 Å². The molecule has 2 saturated heterocycles. The monoisotopic (exact) mass is 236 g/mol. The van der Waals surface area contributed by atoms with E-state index in [2.05, 4.69) is 6.92 Å². The second-order valence-electron chi connectivity index (χ2n) is 4.19. The quantitative estimate of drug-likeness (QED) is 0.498. The zero-order valence-corrected chi connectivity index (χ0v) is 9.46. The molecular weight excluding hydrogens is 216 g/mol. The van der Waals surface area contributed by atoms with Crippen LogP contribution < -0.4 is 0 Å². The van der Waals surface area contributed by atoms with Gasteiger partial charge >= 0.3 is 0 Å². The molecule has 96 valence electrons. The Balaban J connectivity index is 0.000000267. The Labute approximate surface area is 94.7 Å². The smallest absolute Gasteiger partial charge is 0.181 e. The third-order valence-electron chi connectivity index (χ3n) is 2.38. The van der Waals surface area contributed by atoms with Crippen LogP contribution in [0.1, 0.15) is 6.92 Å². The molecule has 2 heterocycles. The van der Waals surface area contributed by atoms with Crippen LogP contribution in [0, 0.1) is 5.41 Å². The Morgan fingerprint density at radius 1 is 1.12 bits per heavy atom. The highest BCUT2D eigenvalue weighted by Crippen LogP contribution is 2.19. The first-order valence-corrected chi connectivity index (χ1v) is 5.33. The first kappa shape index (κ1) is 13.8. The number of hydrogen-bond donors (Lipinski definition) is 3. The van der Waals surface area contributed by atoms with Crippen LogP contribution in [0.3, 0.4) is 0 Å². The van der Waals surface area contributed by atoms with Gasteiger partial charge in [-0.1, -0.05) is 0 Å².